The number of hydrogen-bond donors (Lipinski definition) is 0. The van der Waals surface area contributed by atoms with Crippen molar-refractivity contribution in [2.45, 2.75) is 0 Å². The maximum absolute atomic E-state index is 13.0. The van der Waals surface area contributed by atoms with Crippen molar-refractivity contribution in [2.75, 3.05) is 5.33 Å². The summed E-state index contributed by atoms with van der Waals surface area (Å²) in [6.07, 6.45) is 1.85. The monoisotopic (exact) mass is 342 g/mol. The maximum Gasteiger partial charge on any atom is 0.124 e. The molecule has 19 heavy (non-hydrogen) atoms. The molecular weight excluding hydrogens is 334 g/mol. The molecule has 0 amide bonds. The molecule has 2 aromatic carbocycles. The average Bonchev–Trinajstić information content (AvgIpc) is 2.39. The molecule has 0 nitrogen and oxygen atoms in total. The van der Waals surface area contributed by atoms with E-state index >= 15 is 0 Å². The normalized spacial score (nSPS) is 11.7. The van der Waals surface area contributed by atoms with E-state index in [1.807, 2.05) is 6.08 Å². The van der Waals surface area contributed by atoms with Crippen molar-refractivity contribution in [1.82, 2.24) is 0 Å². The van der Waals surface area contributed by atoms with E-state index in [1.165, 1.54) is 24.3 Å². The van der Waals surface area contributed by atoms with Gasteiger partial charge in [-0.1, -0.05) is 45.7 Å². The van der Waals surface area contributed by atoms with Gasteiger partial charge in [0.05, 0.1) is 5.02 Å². The first-order valence-corrected chi connectivity index (χ1v) is 7.07. The third-order valence-corrected chi connectivity index (χ3v) is 3.58. The Balaban J connectivity index is 2.40. The van der Waals surface area contributed by atoms with Crippen LogP contribution in [0.4, 0.5) is 8.78 Å². The summed E-state index contributed by atoms with van der Waals surface area (Å²) in [6.45, 7) is 0. The first kappa shape index (κ1) is 14.2. The Morgan fingerprint density at radius 3 is 2.26 bits per heavy atom. The summed E-state index contributed by atoms with van der Waals surface area (Å²) in [6, 6.07) is 10.4. The van der Waals surface area contributed by atoms with Crippen LogP contribution in [-0.2, 0) is 0 Å². The number of rotatable bonds is 3. The molecule has 4 heteroatoms. The van der Waals surface area contributed by atoms with Crippen molar-refractivity contribution in [1.29, 1.82) is 0 Å². The Hall–Kier alpha value is -1.19. The van der Waals surface area contributed by atoms with Crippen LogP contribution < -0.4 is 0 Å². The molecule has 0 atom stereocenters. The predicted octanol–water partition coefficient (Wildman–Crippen LogP) is 5.55. The van der Waals surface area contributed by atoms with Gasteiger partial charge in [-0.2, -0.15) is 0 Å². The van der Waals surface area contributed by atoms with Crippen LogP contribution in [0.2, 0.25) is 5.02 Å². The minimum atomic E-state index is -0.371. The highest BCUT2D eigenvalue weighted by Crippen LogP contribution is 2.25. The molecule has 0 heterocycles. The van der Waals surface area contributed by atoms with Gasteiger partial charge < -0.3 is 0 Å². The lowest BCUT2D eigenvalue weighted by molar-refractivity contribution is 0.627. The van der Waals surface area contributed by atoms with E-state index in [0.717, 1.165) is 16.7 Å². The van der Waals surface area contributed by atoms with E-state index in [-0.39, 0.29) is 11.6 Å². The number of hydrogen-bond acceptors (Lipinski definition) is 0. The van der Waals surface area contributed by atoms with Crippen LogP contribution in [0.1, 0.15) is 11.1 Å². The van der Waals surface area contributed by atoms with Gasteiger partial charge in [0.1, 0.15) is 11.6 Å². The zero-order valence-corrected chi connectivity index (χ0v) is 12.2. The number of benzene rings is 2. The first-order valence-electron chi connectivity index (χ1n) is 5.57. The minimum Gasteiger partial charge on any atom is -0.207 e. The third-order valence-electron chi connectivity index (χ3n) is 2.65. The van der Waals surface area contributed by atoms with Crippen LogP contribution in [0.15, 0.2) is 42.5 Å². The van der Waals surface area contributed by atoms with Crippen LogP contribution in [0, 0.1) is 11.6 Å². The van der Waals surface area contributed by atoms with Crippen molar-refractivity contribution in [2.24, 2.45) is 0 Å². The zero-order valence-electron chi connectivity index (χ0n) is 9.84. The summed E-state index contributed by atoms with van der Waals surface area (Å²) in [7, 11) is 0. The molecule has 0 saturated heterocycles. The third kappa shape index (κ3) is 3.64. The predicted molar refractivity (Wildman–Crippen MR) is 79.5 cm³/mol. The highest BCUT2D eigenvalue weighted by atomic mass is 79.9. The lowest BCUT2D eigenvalue weighted by Gasteiger charge is -2.06. The Morgan fingerprint density at radius 1 is 1.05 bits per heavy atom. The van der Waals surface area contributed by atoms with Gasteiger partial charge in [-0.15, -0.1) is 0 Å². The molecular formula is C15H10BrClF2. The van der Waals surface area contributed by atoms with Crippen molar-refractivity contribution in [3.05, 3.63) is 70.2 Å². The molecule has 98 valence electrons. The Bertz CT molecular complexity index is 606. The first-order chi connectivity index (χ1) is 9.10. The lowest BCUT2D eigenvalue weighted by Crippen LogP contribution is -1.88. The van der Waals surface area contributed by atoms with Gasteiger partial charge in [-0.05, 0) is 47.0 Å². The lowest BCUT2D eigenvalue weighted by atomic mass is 10.0. The molecule has 0 aliphatic heterocycles. The summed E-state index contributed by atoms with van der Waals surface area (Å²) in [5, 5.41) is 0.937. The second-order valence-electron chi connectivity index (χ2n) is 3.98. The molecule has 2 rings (SSSR count). The summed E-state index contributed by atoms with van der Waals surface area (Å²) in [4.78, 5) is 0. The molecule has 0 spiro atoms. The molecule has 2 aromatic rings. The molecule has 0 saturated carbocycles. The molecule has 0 radical (unpaired) electrons. The Kier molecular flexibility index (Phi) is 4.72. The van der Waals surface area contributed by atoms with Crippen LogP contribution in [0.3, 0.4) is 0 Å². The standard InChI is InChI=1S/C15H10BrClF2/c16-9-12(10-1-4-13(18)5-2-10)7-11-3-6-14(19)8-15(11)17/h1-8H,9H2/b12-7+. The quantitative estimate of drug-likeness (QED) is 0.506. The van der Waals surface area contributed by atoms with E-state index in [1.54, 1.807) is 18.2 Å². The van der Waals surface area contributed by atoms with Gasteiger partial charge in [0, 0.05) is 5.33 Å². The summed E-state index contributed by atoms with van der Waals surface area (Å²) < 4.78 is 25.9. The van der Waals surface area contributed by atoms with Crippen molar-refractivity contribution >= 4 is 39.2 Å². The molecule has 0 bridgehead atoms. The molecule has 0 aliphatic rings. The summed E-state index contributed by atoms with van der Waals surface area (Å²) >= 11 is 9.37. The molecule has 0 aromatic heterocycles. The summed E-state index contributed by atoms with van der Waals surface area (Å²) in [5.74, 6) is -0.651. The summed E-state index contributed by atoms with van der Waals surface area (Å²) in [5.41, 5.74) is 2.55. The van der Waals surface area contributed by atoms with Crippen LogP contribution in [0.5, 0.6) is 0 Å². The molecule has 0 aliphatic carbocycles. The smallest absolute Gasteiger partial charge is 0.124 e. The molecule has 0 N–H and O–H groups in total. The fourth-order valence-corrected chi connectivity index (χ4v) is 2.38. The molecule has 0 fully saturated rings. The largest absolute Gasteiger partial charge is 0.207 e. The highest BCUT2D eigenvalue weighted by molar-refractivity contribution is 9.09. The van der Waals surface area contributed by atoms with E-state index in [0.29, 0.717) is 10.4 Å². The van der Waals surface area contributed by atoms with E-state index in [2.05, 4.69) is 15.9 Å². The average molecular weight is 344 g/mol. The Morgan fingerprint density at radius 2 is 1.68 bits per heavy atom. The zero-order chi connectivity index (χ0) is 13.8. The van der Waals surface area contributed by atoms with Gasteiger partial charge in [0.25, 0.3) is 0 Å². The highest BCUT2D eigenvalue weighted by Gasteiger charge is 2.04. The fourth-order valence-electron chi connectivity index (χ4n) is 1.67. The Labute approximate surface area is 123 Å². The van der Waals surface area contributed by atoms with E-state index in [9.17, 15) is 8.78 Å². The number of allylic oxidation sites excluding steroid dienone is 1. The fraction of sp³-hybridized carbons (Fsp3) is 0.0667. The van der Waals surface area contributed by atoms with Crippen molar-refractivity contribution in [3.63, 3.8) is 0 Å². The minimum absolute atomic E-state index is 0.280. The van der Waals surface area contributed by atoms with Crippen LogP contribution in [0.25, 0.3) is 11.6 Å². The van der Waals surface area contributed by atoms with E-state index < -0.39 is 0 Å². The van der Waals surface area contributed by atoms with Crippen LogP contribution >= 0.6 is 27.5 Å². The van der Waals surface area contributed by atoms with Gasteiger partial charge in [0.15, 0.2) is 0 Å². The van der Waals surface area contributed by atoms with Crippen LogP contribution in [-0.4, -0.2) is 5.33 Å². The SMILES string of the molecule is Fc1ccc(/C(=C/c2ccc(F)cc2Cl)CBr)cc1. The van der Waals surface area contributed by atoms with Crippen molar-refractivity contribution < 1.29 is 8.78 Å². The second-order valence-corrected chi connectivity index (χ2v) is 4.94. The van der Waals surface area contributed by atoms with Gasteiger partial charge in [-0.3, -0.25) is 0 Å². The number of alkyl halides is 1. The molecule has 0 unspecified atom stereocenters. The van der Waals surface area contributed by atoms with Gasteiger partial charge >= 0.3 is 0 Å². The van der Waals surface area contributed by atoms with E-state index in [4.69, 9.17) is 11.6 Å². The number of halogens is 4. The van der Waals surface area contributed by atoms with Crippen molar-refractivity contribution in [3.8, 4) is 0 Å². The maximum atomic E-state index is 13.0. The van der Waals surface area contributed by atoms with Gasteiger partial charge in [-0.25, -0.2) is 8.78 Å². The second kappa shape index (κ2) is 6.31. The van der Waals surface area contributed by atoms with Gasteiger partial charge in [0.2, 0.25) is 0 Å². The topological polar surface area (TPSA) is 0 Å².